The first kappa shape index (κ1) is 25.4. The van der Waals surface area contributed by atoms with Crippen LogP contribution in [0.2, 0.25) is 0 Å². The molecule has 2 aromatic carbocycles. The van der Waals surface area contributed by atoms with E-state index >= 15 is 0 Å². The molecular formula is C27H30FN3O2. The summed E-state index contributed by atoms with van der Waals surface area (Å²) in [7, 11) is 6.99. The van der Waals surface area contributed by atoms with Crippen molar-refractivity contribution in [1.82, 2.24) is 4.90 Å². The number of hydrogen-bond acceptors (Lipinski definition) is 5. The summed E-state index contributed by atoms with van der Waals surface area (Å²) in [6, 6.07) is 12.0. The first-order chi connectivity index (χ1) is 15.6. The molecule has 0 fully saturated rings. The fourth-order valence-corrected chi connectivity index (χ4v) is 3.31. The molecule has 0 atom stereocenters. The van der Waals surface area contributed by atoms with Crippen molar-refractivity contribution in [3.8, 4) is 6.07 Å². The van der Waals surface area contributed by atoms with Gasteiger partial charge in [-0.1, -0.05) is 31.2 Å². The number of benzene rings is 2. The van der Waals surface area contributed by atoms with E-state index in [1.807, 2.05) is 43.4 Å². The third-order valence-corrected chi connectivity index (χ3v) is 5.34. The molecule has 0 bridgehead atoms. The van der Waals surface area contributed by atoms with Gasteiger partial charge in [-0.2, -0.15) is 5.26 Å². The molecule has 0 radical (unpaired) electrons. The van der Waals surface area contributed by atoms with Crippen LogP contribution in [0.15, 0.2) is 54.8 Å². The summed E-state index contributed by atoms with van der Waals surface area (Å²) < 4.78 is 19.1. The summed E-state index contributed by atoms with van der Waals surface area (Å²) in [6.07, 6.45) is 4.52. The minimum atomic E-state index is -0.639. The Kier molecular flexibility index (Phi) is 8.58. The number of nitriles is 1. The van der Waals surface area contributed by atoms with Crippen LogP contribution in [0.4, 0.5) is 10.1 Å². The van der Waals surface area contributed by atoms with Gasteiger partial charge in [-0.05, 0) is 65.3 Å². The molecule has 6 heteroatoms. The molecule has 0 spiro atoms. The molecule has 0 saturated carbocycles. The predicted molar refractivity (Wildman–Crippen MR) is 132 cm³/mol. The molecule has 0 heterocycles. The summed E-state index contributed by atoms with van der Waals surface area (Å²) in [5.74, 6) is -1.19. The van der Waals surface area contributed by atoms with E-state index in [4.69, 9.17) is 10.00 Å². The van der Waals surface area contributed by atoms with E-state index < -0.39 is 11.8 Å². The van der Waals surface area contributed by atoms with Crippen LogP contribution in [0.3, 0.4) is 0 Å². The predicted octanol–water partition coefficient (Wildman–Crippen LogP) is 3.78. The zero-order valence-corrected chi connectivity index (χ0v) is 20.1. The third-order valence-electron chi connectivity index (χ3n) is 5.34. The van der Waals surface area contributed by atoms with Crippen LogP contribution in [0.25, 0.3) is 17.3 Å². The molecule has 0 aromatic heterocycles. The third kappa shape index (κ3) is 6.11. The van der Waals surface area contributed by atoms with Crippen LogP contribution in [0.1, 0.15) is 31.4 Å². The number of ether oxygens (including phenoxy) is 1. The zero-order chi connectivity index (χ0) is 24.7. The van der Waals surface area contributed by atoms with Crippen molar-refractivity contribution in [2.75, 3.05) is 33.2 Å². The van der Waals surface area contributed by atoms with Crippen LogP contribution >= 0.6 is 0 Å². The molecule has 0 aliphatic heterocycles. The minimum Gasteiger partial charge on any atom is -0.464 e. The van der Waals surface area contributed by atoms with Crippen molar-refractivity contribution < 1.29 is 13.9 Å². The number of esters is 1. The number of likely N-dealkylation sites (N-methyl/N-ethyl adjacent to an activating group) is 1. The van der Waals surface area contributed by atoms with Crippen molar-refractivity contribution in [3.63, 3.8) is 0 Å². The highest BCUT2D eigenvalue weighted by molar-refractivity contribution is 5.96. The number of methoxy groups -OCH3 is 1. The van der Waals surface area contributed by atoms with Gasteiger partial charge in [0.15, 0.2) is 0 Å². The van der Waals surface area contributed by atoms with E-state index in [0.717, 1.165) is 22.5 Å². The van der Waals surface area contributed by atoms with Gasteiger partial charge in [0.25, 0.3) is 0 Å². The van der Waals surface area contributed by atoms with E-state index in [1.165, 1.54) is 24.8 Å². The number of carbonyl (C=O) groups excluding carboxylic acids is 1. The minimum absolute atomic E-state index is 0.0511. The molecule has 0 aliphatic rings. The molecule has 33 heavy (non-hydrogen) atoms. The highest BCUT2D eigenvalue weighted by Gasteiger charge is 2.18. The monoisotopic (exact) mass is 447 g/mol. The number of halogens is 1. The molecule has 0 aliphatic carbocycles. The average molecular weight is 448 g/mol. The van der Waals surface area contributed by atoms with Crippen LogP contribution in [-0.4, -0.2) is 39.1 Å². The van der Waals surface area contributed by atoms with Crippen LogP contribution < -0.4 is 15.3 Å². The quantitative estimate of drug-likeness (QED) is 0.367. The Hall–Kier alpha value is -3.85. The Morgan fingerprint density at radius 2 is 1.91 bits per heavy atom. The van der Waals surface area contributed by atoms with Gasteiger partial charge in [0.2, 0.25) is 0 Å². The van der Waals surface area contributed by atoms with E-state index in [-0.39, 0.29) is 11.3 Å². The molecule has 172 valence electrons. The molecule has 0 N–H and O–H groups in total. The molecule has 2 rings (SSSR count). The van der Waals surface area contributed by atoms with Crippen molar-refractivity contribution in [1.29, 1.82) is 5.26 Å². The Morgan fingerprint density at radius 1 is 1.21 bits per heavy atom. The maximum absolute atomic E-state index is 14.1. The Bertz CT molecular complexity index is 1250. The molecule has 2 aromatic rings. The van der Waals surface area contributed by atoms with Gasteiger partial charge in [0.1, 0.15) is 17.6 Å². The fourth-order valence-electron chi connectivity index (χ4n) is 3.31. The van der Waals surface area contributed by atoms with Gasteiger partial charge in [-0.25, -0.2) is 9.18 Å². The lowest BCUT2D eigenvalue weighted by Crippen LogP contribution is -2.31. The van der Waals surface area contributed by atoms with Gasteiger partial charge in [-0.3, -0.25) is 0 Å². The van der Waals surface area contributed by atoms with Gasteiger partial charge in [-0.15, -0.1) is 0 Å². The van der Waals surface area contributed by atoms with Gasteiger partial charge in [0, 0.05) is 33.0 Å². The summed E-state index contributed by atoms with van der Waals surface area (Å²) in [5, 5.41) is 11.1. The molecule has 0 saturated heterocycles. The average Bonchev–Trinajstić information content (AvgIpc) is 2.80. The molecule has 5 nitrogen and oxygen atoms in total. The molecule has 0 unspecified atom stereocenters. The fraction of sp³-hybridized carbons (Fsp3) is 0.259. The maximum Gasteiger partial charge on any atom is 0.354 e. The Balaban J connectivity index is 2.60. The highest BCUT2D eigenvalue weighted by Crippen LogP contribution is 2.22. The van der Waals surface area contributed by atoms with Crippen LogP contribution in [-0.2, 0) is 9.53 Å². The first-order valence-electron chi connectivity index (χ1n) is 10.5. The maximum atomic E-state index is 14.1. The second-order valence-electron chi connectivity index (χ2n) is 7.91. The topological polar surface area (TPSA) is 56.6 Å². The number of anilines is 1. The van der Waals surface area contributed by atoms with E-state index in [1.54, 1.807) is 30.2 Å². The number of allylic oxidation sites excluding steroid dienone is 2. The molecular weight excluding hydrogens is 417 g/mol. The normalized spacial score (nSPS) is 12.7. The van der Waals surface area contributed by atoms with Crippen molar-refractivity contribution in [2.45, 2.75) is 20.3 Å². The second kappa shape index (κ2) is 11.1. The summed E-state index contributed by atoms with van der Waals surface area (Å²) in [5.41, 5.74) is 3.12. The van der Waals surface area contributed by atoms with E-state index in [9.17, 15) is 9.18 Å². The highest BCUT2D eigenvalue weighted by atomic mass is 19.1. The Labute approximate surface area is 195 Å². The van der Waals surface area contributed by atoms with Gasteiger partial charge in [0.05, 0.1) is 12.7 Å². The SMILES string of the molecule is C=C(/C=C(/C(=O)OC)N(C)c1ccc(=C(/C)CC)/c(=C\N(C)C)c1)c1ccc(C#N)c(F)c1. The van der Waals surface area contributed by atoms with Crippen molar-refractivity contribution >= 4 is 29.0 Å². The summed E-state index contributed by atoms with van der Waals surface area (Å²) >= 11 is 0. The van der Waals surface area contributed by atoms with Crippen LogP contribution in [0.5, 0.6) is 0 Å². The summed E-state index contributed by atoms with van der Waals surface area (Å²) in [4.78, 5) is 16.3. The molecule has 0 amide bonds. The second-order valence-corrected chi connectivity index (χ2v) is 7.91. The lowest BCUT2D eigenvalue weighted by Gasteiger charge is -2.22. The number of hydrogen-bond donors (Lipinski definition) is 0. The zero-order valence-electron chi connectivity index (χ0n) is 20.1. The Morgan fingerprint density at radius 3 is 2.45 bits per heavy atom. The van der Waals surface area contributed by atoms with Crippen molar-refractivity contribution in [3.05, 3.63) is 82.1 Å². The standard InChI is InChI=1S/C27H30FN3O2/c1-8-18(2)24-12-11-23(14-22(24)17-30(4)5)31(6)26(27(32)33-7)13-19(3)20-9-10-21(16-29)25(28)15-20/h9-15,17H,3,8H2,1-2,4-7H3/b22-17-,24-18+,26-13-. The van der Waals surface area contributed by atoms with E-state index in [2.05, 4.69) is 20.4 Å². The lowest BCUT2D eigenvalue weighted by atomic mass is 10.0. The number of carbonyl (C=O) groups is 1. The van der Waals surface area contributed by atoms with Crippen molar-refractivity contribution in [2.24, 2.45) is 0 Å². The van der Waals surface area contributed by atoms with Gasteiger partial charge < -0.3 is 14.5 Å². The number of rotatable bonds is 7. The van der Waals surface area contributed by atoms with Gasteiger partial charge >= 0.3 is 5.97 Å². The smallest absolute Gasteiger partial charge is 0.354 e. The lowest BCUT2D eigenvalue weighted by molar-refractivity contribution is -0.136. The largest absolute Gasteiger partial charge is 0.464 e. The summed E-state index contributed by atoms with van der Waals surface area (Å²) in [6.45, 7) is 8.20. The van der Waals surface area contributed by atoms with E-state index in [0.29, 0.717) is 11.1 Å². The van der Waals surface area contributed by atoms with Crippen LogP contribution in [0, 0.1) is 17.1 Å². The number of nitrogens with zero attached hydrogens (tertiary/aromatic N) is 3. The first-order valence-corrected chi connectivity index (χ1v) is 10.5.